The standard InChI is InChI=1S/C14H21N3O3/c1-11(2)17(9-5-7-13(18)19)14(20)16-10-12-6-3-4-8-15-12/h3-4,6,8,11H,5,7,9-10H2,1-2H3,(H,16,20)(H,18,19). The van der Waals surface area contributed by atoms with Gasteiger partial charge in [0.25, 0.3) is 0 Å². The molecule has 0 spiro atoms. The number of rotatable bonds is 7. The Morgan fingerprint density at radius 2 is 2.15 bits per heavy atom. The molecule has 0 saturated carbocycles. The Labute approximate surface area is 118 Å². The van der Waals surface area contributed by atoms with E-state index in [4.69, 9.17) is 5.11 Å². The number of aliphatic carboxylic acids is 1. The Bertz CT molecular complexity index is 435. The fourth-order valence-electron chi connectivity index (χ4n) is 1.77. The smallest absolute Gasteiger partial charge is 0.317 e. The second kappa shape index (κ2) is 8.14. The van der Waals surface area contributed by atoms with Gasteiger partial charge in [0.1, 0.15) is 0 Å². The van der Waals surface area contributed by atoms with Crippen LogP contribution in [0.3, 0.4) is 0 Å². The SMILES string of the molecule is CC(C)N(CCCC(=O)O)C(=O)NCc1ccccn1. The normalized spacial score (nSPS) is 10.3. The van der Waals surface area contributed by atoms with Crippen molar-refractivity contribution < 1.29 is 14.7 Å². The molecular weight excluding hydrogens is 258 g/mol. The molecule has 1 rings (SSSR count). The molecular formula is C14H21N3O3. The van der Waals surface area contributed by atoms with Crippen LogP contribution in [0.15, 0.2) is 24.4 Å². The molecule has 1 heterocycles. The second-order valence-electron chi connectivity index (χ2n) is 4.76. The van der Waals surface area contributed by atoms with Gasteiger partial charge in [-0.2, -0.15) is 0 Å². The van der Waals surface area contributed by atoms with E-state index < -0.39 is 5.97 Å². The molecule has 0 radical (unpaired) electrons. The number of nitrogens with one attached hydrogen (secondary N) is 1. The maximum atomic E-state index is 12.1. The minimum Gasteiger partial charge on any atom is -0.481 e. The van der Waals surface area contributed by atoms with Crippen molar-refractivity contribution in [1.29, 1.82) is 0 Å². The van der Waals surface area contributed by atoms with Crippen LogP contribution in [0, 0.1) is 0 Å². The minimum absolute atomic E-state index is 0.0209. The van der Waals surface area contributed by atoms with Gasteiger partial charge in [0.15, 0.2) is 0 Å². The fourth-order valence-corrected chi connectivity index (χ4v) is 1.77. The fraction of sp³-hybridized carbons (Fsp3) is 0.500. The van der Waals surface area contributed by atoms with Gasteiger partial charge < -0.3 is 15.3 Å². The first kappa shape index (κ1) is 15.9. The highest BCUT2D eigenvalue weighted by atomic mass is 16.4. The molecule has 2 N–H and O–H groups in total. The molecule has 110 valence electrons. The van der Waals surface area contributed by atoms with Gasteiger partial charge in [-0.25, -0.2) is 4.79 Å². The first-order valence-corrected chi connectivity index (χ1v) is 6.67. The Hall–Kier alpha value is -2.11. The largest absolute Gasteiger partial charge is 0.481 e. The Kier molecular flexibility index (Phi) is 6.49. The number of carboxylic acid groups (broad SMARTS) is 1. The zero-order chi connectivity index (χ0) is 15.0. The lowest BCUT2D eigenvalue weighted by atomic mass is 10.2. The van der Waals surface area contributed by atoms with Gasteiger partial charge in [-0.3, -0.25) is 9.78 Å². The summed E-state index contributed by atoms with van der Waals surface area (Å²) in [6.45, 7) is 4.60. The lowest BCUT2D eigenvalue weighted by Gasteiger charge is -2.26. The average molecular weight is 279 g/mol. The summed E-state index contributed by atoms with van der Waals surface area (Å²) in [5.74, 6) is -0.845. The van der Waals surface area contributed by atoms with E-state index in [1.165, 1.54) is 0 Å². The van der Waals surface area contributed by atoms with Crippen molar-refractivity contribution in [3.63, 3.8) is 0 Å². The average Bonchev–Trinajstić information content (AvgIpc) is 2.41. The first-order chi connectivity index (χ1) is 9.50. The number of hydrogen-bond donors (Lipinski definition) is 2. The molecule has 20 heavy (non-hydrogen) atoms. The van der Waals surface area contributed by atoms with Crippen LogP contribution in [0.4, 0.5) is 4.79 Å². The summed E-state index contributed by atoms with van der Waals surface area (Å²) in [4.78, 5) is 28.3. The van der Waals surface area contributed by atoms with Gasteiger partial charge in [-0.15, -0.1) is 0 Å². The maximum absolute atomic E-state index is 12.1. The zero-order valence-electron chi connectivity index (χ0n) is 11.9. The quantitative estimate of drug-likeness (QED) is 0.798. The van der Waals surface area contributed by atoms with Crippen LogP contribution in [-0.2, 0) is 11.3 Å². The van der Waals surface area contributed by atoms with E-state index in [0.717, 1.165) is 5.69 Å². The molecule has 1 aromatic heterocycles. The molecule has 6 heteroatoms. The van der Waals surface area contributed by atoms with E-state index in [-0.39, 0.29) is 18.5 Å². The third kappa shape index (κ3) is 5.69. The zero-order valence-corrected chi connectivity index (χ0v) is 11.9. The summed E-state index contributed by atoms with van der Waals surface area (Å²) in [5, 5.41) is 11.4. The van der Waals surface area contributed by atoms with Crippen LogP contribution in [0.2, 0.25) is 0 Å². The van der Waals surface area contributed by atoms with Crippen LogP contribution in [0.5, 0.6) is 0 Å². The van der Waals surface area contributed by atoms with Gasteiger partial charge in [0.05, 0.1) is 12.2 Å². The summed E-state index contributed by atoms with van der Waals surface area (Å²) in [6.07, 6.45) is 2.19. The number of amides is 2. The van der Waals surface area contributed by atoms with Gasteiger partial charge in [-0.05, 0) is 32.4 Å². The van der Waals surface area contributed by atoms with Gasteiger partial charge >= 0.3 is 12.0 Å². The van der Waals surface area contributed by atoms with Crippen LogP contribution in [0.1, 0.15) is 32.4 Å². The molecule has 0 bridgehead atoms. The number of carboxylic acids is 1. The van der Waals surface area contributed by atoms with E-state index in [1.807, 2.05) is 32.0 Å². The molecule has 6 nitrogen and oxygen atoms in total. The molecule has 0 atom stereocenters. The van der Waals surface area contributed by atoms with Gasteiger partial charge in [0, 0.05) is 25.2 Å². The molecule has 0 aliphatic rings. The van der Waals surface area contributed by atoms with Crippen molar-refractivity contribution in [2.45, 2.75) is 39.3 Å². The van der Waals surface area contributed by atoms with Crippen molar-refractivity contribution in [3.8, 4) is 0 Å². The lowest BCUT2D eigenvalue weighted by molar-refractivity contribution is -0.137. The third-order valence-corrected chi connectivity index (χ3v) is 2.82. The molecule has 0 aromatic carbocycles. The van der Waals surface area contributed by atoms with Crippen LogP contribution in [0.25, 0.3) is 0 Å². The summed E-state index contributed by atoms with van der Waals surface area (Å²) >= 11 is 0. The molecule has 2 amide bonds. The number of carbonyl (C=O) groups is 2. The number of carbonyl (C=O) groups excluding carboxylic acids is 1. The molecule has 1 aromatic rings. The summed E-state index contributed by atoms with van der Waals surface area (Å²) in [6, 6.07) is 5.34. The van der Waals surface area contributed by atoms with Crippen LogP contribution < -0.4 is 5.32 Å². The molecule has 0 aliphatic carbocycles. The van der Waals surface area contributed by atoms with Gasteiger partial charge in [-0.1, -0.05) is 6.07 Å². The topological polar surface area (TPSA) is 82.5 Å². The minimum atomic E-state index is -0.845. The molecule has 0 aliphatic heterocycles. The third-order valence-electron chi connectivity index (χ3n) is 2.82. The molecule has 0 fully saturated rings. The predicted octanol–water partition coefficient (Wildman–Crippen LogP) is 1.87. The molecule has 0 saturated heterocycles. The highest BCUT2D eigenvalue weighted by molar-refractivity contribution is 5.74. The number of nitrogens with zero attached hydrogens (tertiary/aromatic N) is 2. The summed E-state index contributed by atoms with van der Waals surface area (Å²) in [5.41, 5.74) is 0.787. The predicted molar refractivity (Wildman–Crippen MR) is 75.2 cm³/mol. The second-order valence-corrected chi connectivity index (χ2v) is 4.76. The van der Waals surface area contributed by atoms with Crippen LogP contribution in [-0.4, -0.2) is 39.6 Å². The van der Waals surface area contributed by atoms with Crippen molar-refractivity contribution in [1.82, 2.24) is 15.2 Å². The van der Waals surface area contributed by atoms with Crippen molar-refractivity contribution in [2.24, 2.45) is 0 Å². The monoisotopic (exact) mass is 279 g/mol. The highest BCUT2D eigenvalue weighted by Crippen LogP contribution is 2.03. The number of urea groups is 1. The van der Waals surface area contributed by atoms with E-state index in [0.29, 0.717) is 19.5 Å². The number of hydrogen-bond acceptors (Lipinski definition) is 3. The lowest BCUT2D eigenvalue weighted by Crippen LogP contribution is -2.44. The Morgan fingerprint density at radius 1 is 1.40 bits per heavy atom. The van der Waals surface area contributed by atoms with Crippen LogP contribution >= 0.6 is 0 Å². The van der Waals surface area contributed by atoms with Crippen molar-refractivity contribution in [3.05, 3.63) is 30.1 Å². The van der Waals surface area contributed by atoms with E-state index >= 15 is 0 Å². The first-order valence-electron chi connectivity index (χ1n) is 6.67. The molecule has 0 unspecified atom stereocenters. The van der Waals surface area contributed by atoms with E-state index in [1.54, 1.807) is 11.1 Å². The Morgan fingerprint density at radius 3 is 2.70 bits per heavy atom. The van der Waals surface area contributed by atoms with E-state index in [2.05, 4.69) is 10.3 Å². The van der Waals surface area contributed by atoms with Crippen molar-refractivity contribution >= 4 is 12.0 Å². The summed E-state index contributed by atoms with van der Waals surface area (Å²) in [7, 11) is 0. The Balaban J connectivity index is 2.45. The van der Waals surface area contributed by atoms with E-state index in [9.17, 15) is 9.59 Å². The summed E-state index contributed by atoms with van der Waals surface area (Å²) < 4.78 is 0. The number of aromatic nitrogens is 1. The highest BCUT2D eigenvalue weighted by Gasteiger charge is 2.16. The maximum Gasteiger partial charge on any atom is 0.317 e. The number of pyridine rings is 1. The van der Waals surface area contributed by atoms with Gasteiger partial charge in [0.2, 0.25) is 0 Å². The van der Waals surface area contributed by atoms with Crippen molar-refractivity contribution in [2.75, 3.05) is 6.54 Å².